The summed E-state index contributed by atoms with van der Waals surface area (Å²) in [4.78, 5) is 25.0. The molecular formula is C14H27NO4. The Labute approximate surface area is 116 Å². The van der Waals surface area contributed by atoms with Crippen LogP contribution in [0.5, 0.6) is 0 Å². The lowest BCUT2D eigenvalue weighted by molar-refractivity contribution is -0.155. The Morgan fingerprint density at radius 2 is 1.63 bits per heavy atom. The molecule has 0 heterocycles. The molecule has 0 spiro atoms. The van der Waals surface area contributed by atoms with Gasteiger partial charge in [-0.25, -0.2) is 0 Å². The number of nitrogens with zero attached hydrogens (tertiary/aromatic N) is 1. The van der Waals surface area contributed by atoms with Crippen molar-refractivity contribution in [2.24, 2.45) is 5.41 Å². The first-order chi connectivity index (χ1) is 8.48. The van der Waals surface area contributed by atoms with Crippen LogP contribution in [0.25, 0.3) is 0 Å². The zero-order valence-corrected chi connectivity index (χ0v) is 13.2. The molecule has 0 aromatic carbocycles. The zero-order chi connectivity index (χ0) is 15.3. The van der Waals surface area contributed by atoms with Crippen LogP contribution in [0.15, 0.2) is 0 Å². The molecule has 0 aromatic rings. The molecule has 0 fully saturated rings. The van der Waals surface area contributed by atoms with E-state index >= 15 is 0 Å². The van der Waals surface area contributed by atoms with E-state index in [9.17, 15) is 9.59 Å². The highest BCUT2D eigenvalue weighted by Crippen LogP contribution is 2.22. The van der Waals surface area contributed by atoms with Gasteiger partial charge >= 0.3 is 11.9 Å². The number of ether oxygens (including phenoxy) is 2. The third-order valence-electron chi connectivity index (χ3n) is 2.68. The monoisotopic (exact) mass is 273 g/mol. The Balaban J connectivity index is 4.16. The van der Waals surface area contributed by atoms with Gasteiger partial charge in [0, 0.05) is 0 Å². The summed E-state index contributed by atoms with van der Waals surface area (Å²) >= 11 is 0. The Kier molecular flexibility index (Phi) is 6.49. The molecular weight excluding hydrogens is 246 g/mol. The summed E-state index contributed by atoms with van der Waals surface area (Å²) in [7, 11) is 3.21. The number of hydrogen-bond donors (Lipinski definition) is 0. The van der Waals surface area contributed by atoms with Gasteiger partial charge in [-0.2, -0.15) is 0 Å². The fourth-order valence-electron chi connectivity index (χ4n) is 1.52. The number of methoxy groups -OCH3 is 1. The number of carbonyl (C=O) groups is 2. The summed E-state index contributed by atoms with van der Waals surface area (Å²) in [5, 5.41) is 0. The lowest BCUT2D eigenvalue weighted by Crippen LogP contribution is -2.36. The van der Waals surface area contributed by atoms with Crippen LogP contribution in [0.3, 0.4) is 0 Å². The average molecular weight is 273 g/mol. The quantitative estimate of drug-likeness (QED) is 0.691. The van der Waals surface area contributed by atoms with E-state index in [1.807, 2.05) is 46.6 Å². The van der Waals surface area contributed by atoms with E-state index in [1.165, 1.54) is 7.11 Å². The second kappa shape index (κ2) is 6.89. The Morgan fingerprint density at radius 1 is 1.11 bits per heavy atom. The molecule has 112 valence electrons. The number of hydrogen-bond acceptors (Lipinski definition) is 5. The van der Waals surface area contributed by atoms with E-state index in [-0.39, 0.29) is 18.5 Å². The fourth-order valence-corrected chi connectivity index (χ4v) is 1.52. The predicted molar refractivity (Wildman–Crippen MR) is 73.8 cm³/mol. The van der Waals surface area contributed by atoms with Gasteiger partial charge < -0.3 is 9.47 Å². The van der Waals surface area contributed by atoms with Gasteiger partial charge in [0.25, 0.3) is 0 Å². The lowest BCUT2D eigenvalue weighted by Gasteiger charge is -2.26. The van der Waals surface area contributed by atoms with E-state index in [2.05, 4.69) is 0 Å². The topological polar surface area (TPSA) is 55.8 Å². The number of rotatable bonds is 6. The third kappa shape index (κ3) is 7.82. The molecule has 0 unspecified atom stereocenters. The molecule has 0 aliphatic carbocycles. The van der Waals surface area contributed by atoms with Gasteiger partial charge in [-0.15, -0.1) is 0 Å². The molecule has 0 amide bonds. The van der Waals surface area contributed by atoms with Crippen LogP contribution in [-0.2, 0) is 19.1 Å². The summed E-state index contributed by atoms with van der Waals surface area (Å²) in [6.07, 6.45) is 0.624. The number of carbonyl (C=O) groups excluding carboxylic acids is 2. The van der Waals surface area contributed by atoms with Gasteiger partial charge in [-0.1, -0.05) is 0 Å². The molecule has 19 heavy (non-hydrogen) atoms. The minimum Gasteiger partial charge on any atom is -0.469 e. The highest BCUT2D eigenvalue weighted by Gasteiger charge is 2.29. The van der Waals surface area contributed by atoms with Crippen molar-refractivity contribution in [1.82, 2.24) is 4.90 Å². The van der Waals surface area contributed by atoms with Crippen molar-refractivity contribution in [2.75, 3.05) is 27.2 Å². The smallest absolute Gasteiger partial charge is 0.320 e. The van der Waals surface area contributed by atoms with Crippen molar-refractivity contribution in [3.8, 4) is 0 Å². The molecule has 0 saturated carbocycles. The molecule has 5 heteroatoms. The van der Waals surface area contributed by atoms with Crippen molar-refractivity contribution >= 4 is 11.9 Å². The van der Waals surface area contributed by atoms with Crippen LogP contribution >= 0.6 is 0 Å². The van der Waals surface area contributed by atoms with Crippen molar-refractivity contribution in [1.29, 1.82) is 0 Å². The van der Waals surface area contributed by atoms with Crippen molar-refractivity contribution in [3.63, 3.8) is 0 Å². The Morgan fingerprint density at radius 3 is 2.05 bits per heavy atom. The Bertz CT molecular complexity index is 318. The summed E-state index contributed by atoms with van der Waals surface area (Å²) < 4.78 is 9.98. The van der Waals surface area contributed by atoms with E-state index in [4.69, 9.17) is 9.47 Å². The van der Waals surface area contributed by atoms with E-state index < -0.39 is 11.0 Å². The van der Waals surface area contributed by atoms with E-state index in [1.54, 1.807) is 0 Å². The van der Waals surface area contributed by atoms with Crippen molar-refractivity contribution < 1.29 is 19.1 Å². The molecule has 0 saturated heterocycles. The van der Waals surface area contributed by atoms with Crippen LogP contribution < -0.4 is 0 Å². The molecule has 0 rings (SSSR count). The first-order valence-corrected chi connectivity index (χ1v) is 6.47. The summed E-state index contributed by atoms with van der Waals surface area (Å²) in [6, 6.07) is 0. The SMILES string of the molecule is COC(=O)C(C)(C)CCN(C)CC(=O)OC(C)(C)C. The fraction of sp³-hybridized carbons (Fsp3) is 0.857. The largest absolute Gasteiger partial charge is 0.469 e. The average Bonchev–Trinajstić information content (AvgIpc) is 2.22. The van der Waals surface area contributed by atoms with Crippen molar-refractivity contribution in [3.05, 3.63) is 0 Å². The van der Waals surface area contributed by atoms with Crippen LogP contribution in [0.1, 0.15) is 41.0 Å². The van der Waals surface area contributed by atoms with Gasteiger partial charge in [-0.3, -0.25) is 14.5 Å². The number of esters is 2. The number of likely N-dealkylation sites (N-methyl/N-ethyl adjacent to an activating group) is 1. The molecule has 0 bridgehead atoms. The van der Waals surface area contributed by atoms with Gasteiger partial charge in [0.15, 0.2) is 0 Å². The van der Waals surface area contributed by atoms with Crippen LogP contribution in [-0.4, -0.2) is 49.7 Å². The highest BCUT2D eigenvalue weighted by atomic mass is 16.6. The highest BCUT2D eigenvalue weighted by molar-refractivity contribution is 5.75. The van der Waals surface area contributed by atoms with Gasteiger partial charge in [0.05, 0.1) is 19.1 Å². The van der Waals surface area contributed by atoms with E-state index in [0.29, 0.717) is 13.0 Å². The maximum Gasteiger partial charge on any atom is 0.320 e. The molecule has 5 nitrogen and oxygen atoms in total. The summed E-state index contributed by atoms with van der Waals surface area (Å²) in [5.74, 6) is -0.496. The van der Waals surface area contributed by atoms with Crippen LogP contribution in [0, 0.1) is 5.41 Å². The zero-order valence-electron chi connectivity index (χ0n) is 13.2. The summed E-state index contributed by atoms with van der Waals surface area (Å²) in [5.41, 5.74) is -1.01. The molecule has 0 atom stereocenters. The molecule has 0 radical (unpaired) electrons. The predicted octanol–water partition coefficient (Wildman–Crippen LogP) is 1.85. The minimum atomic E-state index is -0.545. The molecule has 0 aromatic heterocycles. The standard InChI is InChI=1S/C14H27NO4/c1-13(2,3)19-11(16)10-15(6)9-8-14(4,5)12(17)18-7/h8-10H2,1-7H3. The van der Waals surface area contributed by atoms with E-state index in [0.717, 1.165) is 0 Å². The maximum atomic E-state index is 11.6. The second-order valence-electron chi connectivity index (χ2n) is 6.45. The van der Waals surface area contributed by atoms with Crippen molar-refractivity contribution in [2.45, 2.75) is 46.6 Å². The normalized spacial score (nSPS) is 12.4. The Hall–Kier alpha value is -1.10. The molecule has 0 aliphatic heterocycles. The molecule has 0 N–H and O–H groups in total. The van der Waals surface area contributed by atoms with Crippen LogP contribution in [0.2, 0.25) is 0 Å². The molecule has 0 aliphatic rings. The third-order valence-corrected chi connectivity index (χ3v) is 2.68. The second-order valence-corrected chi connectivity index (χ2v) is 6.45. The minimum absolute atomic E-state index is 0.217. The lowest BCUT2D eigenvalue weighted by atomic mass is 9.89. The van der Waals surface area contributed by atoms with Gasteiger partial charge in [0.1, 0.15) is 5.60 Å². The maximum absolute atomic E-state index is 11.6. The van der Waals surface area contributed by atoms with Gasteiger partial charge in [-0.05, 0) is 54.6 Å². The summed E-state index contributed by atoms with van der Waals surface area (Å²) in [6.45, 7) is 10.0. The van der Waals surface area contributed by atoms with Gasteiger partial charge in [0.2, 0.25) is 0 Å². The van der Waals surface area contributed by atoms with Crippen LogP contribution in [0.4, 0.5) is 0 Å². The first-order valence-electron chi connectivity index (χ1n) is 6.47. The first kappa shape index (κ1) is 17.9.